The number of ether oxygens (including phenoxy) is 1. The van der Waals surface area contributed by atoms with Gasteiger partial charge in [-0.3, -0.25) is 9.59 Å². The van der Waals surface area contributed by atoms with E-state index >= 15 is 0 Å². The number of carbonyl (C=O) groups excluding carboxylic acids is 1. The average molecular weight is 242 g/mol. The molecule has 0 aromatic heterocycles. The van der Waals surface area contributed by atoms with E-state index in [1.54, 1.807) is 13.0 Å². The van der Waals surface area contributed by atoms with E-state index in [4.69, 9.17) is 4.74 Å². The zero-order chi connectivity index (χ0) is 13.4. The van der Waals surface area contributed by atoms with Gasteiger partial charge in [-0.05, 0) is 25.7 Å². The molecule has 98 valence electrons. The lowest BCUT2D eigenvalue weighted by Crippen LogP contribution is -2.32. The molecule has 0 saturated heterocycles. The van der Waals surface area contributed by atoms with Crippen LogP contribution in [0.15, 0.2) is 12.7 Å². The van der Waals surface area contributed by atoms with Crippen LogP contribution < -0.4 is 0 Å². The molecule has 0 aliphatic heterocycles. The quantitative estimate of drug-likeness (QED) is 0.524. The summed E-state index contributed by atoms with van der Waals surface area (Å²) in [7, 11) is 0. The summed E-state index contributed by atoms with van der Waals surface area (Å²) in [5, 5.41) is 9.19. The van der Waals surface area contributed by atoms with Gasteiger partial charge in [-0.2, -0.15) is 0 Å². The van der Waals surface area contributed by atoms with Gasteiger partial charge >= 0.3 is 11.9 Å². The standard InChI is InChI=1S/C13H22O4/c1-5-7-10(13(16)17-6-2)11(12(14)15)8-9(3)4/h5,9-11H,1,6-8H2,2-4H3,(H,14,15)/t10-,11+/m0/s1. The van der Waals surface area contributed by atoms with Crippen LogP contribution in [-0.4, -0.2) is 23.7 Å². The molecule has 0 rings (SSSR count). The lowest BCUT2D eigenvalue weighted by Gasteiger charge is -2.22. The predicted molar refractivity (Wildman–Crippen MR) is 65.5 cm³/mol. The van der Waals surface area contributed by atoms with Gasteiger partial charge in [-0.25, -0.2) is 0 Å². The minimum atomic E-state index is -0.946. The average Bonchev–Trinajstić information content (AvgIpc) is 2.22. The van der Waals surface area contributed by atoms with E-state index in [9.17, 15) is 14.7 Å². The fourth-order valence-electron chi connectivity index (χ4n) is 1.80. The number of allylic oxidation sites excluding steroid dienone is 1. The van der Waals surface area contributed by atoms with Crippen molar-refractivity contribution in [3.05, 3.63) is 12.7 Å². The van der Waals surface area contributed by atoms with Crippen molar-refractivity contribution in [1.82, 2.24) is 0 Å². The molecule has 1 N–H and O–H groups in total. The molecule has 0 aromatic carbocycles. The number of rotatable bonds is 8. The number of aliphatic carboxylic acids is 1. The van der Waals surface area contributed by atoms with Crippen LogP contribution in [0.4, 0.5) is 0 Å². The third-order valence-corrected chi connectivity index (χ3v) is 2.54. The minimum absolute atomic E-state index is 0.220. The fraction of sp³-hybridized carbons (Fsp3) is 0.692. The highest BCUT2D eigenvalue weighted by atomic mass is 16.5. The molecule has 0 bridgehead atoms. The third kappa shape index (κ3) is 5.52. The van der Waals surface area contributed by atoms with Crippen LogP contribution in [0, 0.1) is 17.8 Å². The van der Waals surface area contributed by atoms with Crippen LogP contribution in [0.25, 0.3) is 0 Å². The van der Waals surface area contributed by atoms with Gasteiger partial charge in [-0.15, -0.1) is 6.58 Å². The molecule has 2 atom stereocenters. The zero-order valence-corrected chi connectivity index (χ0v) is 10.8. The Balaban J connectivity index is 4.87. The monoisotopic (exact) mass is 242 g/mol. The van der Waals surface area contributed by atoms with Crippen molar-refractivity contribution in [2.45, 2.75) is 33.6 Å². The van der Waals surface area contributed by atoms with Crippen molar-refractivity contribution < 1.29 is 19.4 Å². The van der Waals surface area contributed by atoms with E-state index in [1.165, 1.54) is 0 Å². The largest absolute Gasteiger partial charge is 0.481 e. The van der Waals surface area contributed by atoms with Gasteiger partial charge in [0.05, 0.1) is 18.4 Å². The highest BCUT2D eigenvalue weighted by Gasteiger charge is 2.34. The maximum absolute atomic E-state index is 11.7. The highest BCUT2D eigenvalue weighted by molar-refractivity contribution is 5.81. The molecule has 0 aliphatic carbocycles. The first-order valence-electron chi connectivity index (χ1n) is 5.94. The third-order valence-electron chi connectivity index (χ3n) is 2.54. The van der Waals surface area contributed by atoms with Crippen molar-refractivity contribution in [3.8, 4) is 0 Å². The molecule has 4 heteroatoms. The Bertz CT molecular complexity index is 271. The molecule has 0 spiro atoms. The van der Waals surface area contributed by atoms with E-state index in [-0.39, 0.29) is 12.5 Å². The molecule has 17 heavy (non-hydrogen) atoms. The molecule has 0 fully saturated rings. The number of hydrogen-bond donors (Lipinski definition) is 1. The first-order valence-corrected chi connectivity index (χ1v) is 5.94. The summed E-state index contributed by atoms with van der Waals surface area (Å²) < 4.78 is 4.92. The number of esters is 1. The summed E-state index contributed by atoms with van der Waals surface area (Å²) in [5.41, 5.74) is 0. The van der Waals surface area contributed by atoms with Gasteiger partial charge in [0.15, 0.2) is 0 Å². The SMILES string of the molecule is C=CC[C@H](C(=O)OCC)[C@@H](CC(C)C)C(=O)O. The molecular weight excluding hydrogens is 220 g/mol. The summed E-state index contributed by atoms with van der Waals surface area (Å²) in [6.07, 6.45) is 2.37. The van der Waals surface area contributed by atoms with E-state index < -0.39 is 23.8 Å². The van der Waals surface area contributed by atoms with Crippen molar-refractivity contribution in [1.29, 1.82) is 0 Å². The van der Waals surface area contributed by atoms with Gasteiger partial charge in [0.1, 0.15) is 0 Å². The van der Waals surface area contributed by atoms with Crippen molar-refractivity contribution >= 4 is 11.9 Å². The lowest BCUT2D eigenvalue weighted by atomic mass is 9.83. The Morgan fingerprint density at radius 1 is 1.35 bits per heavy atom. The zero-order valence-electron chi connectivity index (χ0n) is 10.8. The van der Waals surface area contributed by atoms with E-state index in [0.717, 1.165) is 0 Å². The van der Waals surface area contributed by atoms with Crippen molar-refractivity contribution in [3.63, 3.8) is 0 Å². The lowest BCUT2D eigenvalue weighted by molar-refractivity contribution is -0.158. The van der Waals surface area contributed by atoms with Gasteiger partial charge in [0.25, 0.3) is 0 Å². The summed E-state index contributed by atoms with van der Waals surface area (Å²) >= 11 is 0. The molecule has 0 heterocycles. The Labute approximate surface area is 103 Å². The summed E-state index contributed by atoms with van der Waals surface area (Å²) in [6, 6.07) is 0. The second-order valence-corrected chi connectivity index (χ2v) is 4.46. The second-order valence-electron chi connectivity index (χ2n) is 4.46. The minimum Gasteiger partial charge on any atom is -0.481 e. The molecule has 4 nitrogen and oxygen atoms in total. The van der Waals surface area contributed by atoms with Gasteiger partial charge in [-0.1, -0.05) is 19.9 Å². The topological polar surface area (TPSA) is 63.6 Å². The molecule has 0 aromatic rings. The van der Waals surface area contributed by atoms with Gasteiger partial charge < -0.3 is 9.84 Å². The normalized spacial score (nSPS) is 14.1. The van der Waals surface area contributed by atoms with Crippen LogP contribution in [-0.2, 0) is 14.3 Å². The van der Waals surface area contributed by atoms with Crippen LogP contribution >= 0.6 is 0 Å². The molecule has 0 amide bonds. The predicted octanol–water partition coefficient (Wildman–Crippen LogP) is 2.49. The summed E-state index contributed by atoms with van der Waals surface area (Å²) in [4.78, 5) is 22.9. The smallest absolute Gasteiger partial charge is 0.310 e. The molecular formula is C13H22O4. The van der Waals surface area contributed by atoms with Crippen molar-refractivity contribution in [2.24, 2.45) is 17.8 Å². The number of carboxylic acids is 1. The molecule has 0 unspecified atom stereocenters. The summed E-state index contributed by atoms with van der Waals surface area (Å²) in [5.74, 6) is -2.50. The van der Waals surface area contributed by atoms with Crippen LogP contribution in [0.2, 0.25) is 0 Å². The van der Waals surface area contributed by atoms with Crippen molar-refractivity contribution in [2.75, 3.05) is 6.61 Å². The van der Waals surface area contributed by atoms with Crippen LogP contribution in [0.5, 0.6) is 0 Å². The first kappa shape index (κ1) is 15.7. The van der Waals surface area contributed by atoms with Gasteiger partial charge in [0.2, 0.25) is 0 Å². The van der Waals surface area contributed by atoms with Crippen LogP contribution in [0.3, 0.4) is 0 Å². The number of hydrogen-bond acceptors (Lipinski definition) is 3. The molecule has 0 aliphatic rings. The summed E-state index contributed by atoms with van der Waals surface area (Å²) in [6.45, 7) is 9.41. The van der Waals surface area contributed by atoms with E-state index in [2.05, 4.69) is 6.58 Å². The Morgan fingerprint density at radius 2 is 1.94 bits per heavy atom. The Morgan fingerprint density at radius 3 is 2.29 bits per heavy atom. The molecule has 0 saturated carbocycles. The van der Waals surface area contributed by atoms with Crippen LogP contribution in [0.1, 0.15) is 33.6 Å². The Hall–Kier alpha value is -1.32. The highest BCUT2D eigenvalue weighted by Crippen LogP contribution is 2.25. The number of carbonyl (C=O) groups is 2. The molecule has 0 radical (unpaired) electrons. The maximum atomic E-state index is 11.7. The Kier molecular flexibility index (Phi) is 7.26. The van der Waals surface area contributed by atoms with E-state index in [0.29, 0.717) is 12.8 Å². The fourth-order valence-corrected chi connectivity index (χ4v) is 1.80. The first-order chi connectivity index (χ1) is 7.93. The van der Waals surface area contributed by atoms with E-state index in [1.807, 2.05) is 13.8 Å². The maximum Gasteiger partial charge on any atom is 0.310 e. The second kappa shape index (κ2) is 7.87. The van der Waals surface area contributed by atoms with Gasteiger partial charge in [0, 0.05) is 0 Å². The number of carboxylic acid groups (broad SMARTS) is 1.